The third kappa shape index (κ3) is 7.97. The van der Waals surface area contributed by atoms with E-state index >= 15 is 0 Å². The molecular formula is C18H23FN7O5PS4. The normalized spacial score (nSPS) is 12.2. The van der Waals surface area contributed by atoms with Gasteiger partial charge in [-0.1, -0.05) is 11.2 Å². The van der Waals surface area contributed by atoms with Crippen molar-refractivity contribution in [2.45, 2.75) is 22.2 Å². The second kappa shape index (κ2) is 13.5. The molecule has 0 aliphatic rings. The number of hydrogen-bond acceptors (Lipinski definition) is 10. The Bertz CT molecular complexity index is 1410. The first kappa shape index (κ1) is 32.0. The van der Waals surface area contributed by atoms with Crippen LogP contribution in [0.4, 0.5) is 4.39 Å². The molecule has 12 nitrogen and oxygen atoms in total. The van der Waals surface area contributed by atoms with Gasteiger partial charge in [-0.15, -0.1) is 22.7 Å². The van der Waals surface area contributed by atoms with E-state index in [1.165, 1.54) is 17.4 Å². The zero-order valence-corrected chi connectivity index (χ0v) is 23.2. The quantitative estimate of drug-likeness (QED) is 0.0935. The fraction of sp³-hybridized carbons (Fsp3) is 0.278. The van der Waals surface area contributed by atoms with E-state index in [9.17, 15) is 27.2 Å². The lowest BCUT2D eigenvalue weighted by atomic mass is 10.1. The Balaban J connectivity index is 0.00000324. The molecule has 9 N–H and O–H groups in total. The molecule has 3 aromatic rings. The number of thiophene rings is 2. The Kier molecular flexibility index (Phi) is 12.0. The predicted molar refractivity (Wildman–Crippen MR) is 138 cm³/mol. The summed E-state index contributed by atoms with van der Waals surface area (Å²) in [4.78, 5) is 27.3. The lowest BCUT2D eigenvalue weighted by Gasteiger charge is -2.38. The lowest BCUT2D eigenvalue weighted by Crippen LogP contribution is -2.34. The summed E-state index contributed by atoms with van der Waals surface area (Å²) >= 11 is 3.95. The van der Waals surface area contributed by atoms with Gasteiger partial charge in [0.05, 0.1) is 11.3 Å². The van der Waals surface area contributed by atoms with Gasteiger partial charge in [0.15, 0.2) is 0 Å². The number of hydrogen-bond donors (Lipinski definition) is 3. The fourth-order valence-electron chi connectivity index (χ4n) is 2.83. The van der Waals surface area contributed by atoms with E-state index in [1.807, 2.05) is 10.8 Å². The van der Waals surface area contributed by atoms with Crippen molar-refractivity contribution >= 4 is 61.5 Å². The summed E-state index contributed by atoms with van der Waals surface area (Å²) in [5.74, 6) is -1.81. The Labute approximate surface area is 218 Å². The smallest absolute Gasteiger partial charge is 0.251 e. The average Bonchev–Trinajstić information content (AvgIpc) is 3.33. The number of quaternary nitrogens is 2. The molecule has 2 aromatic heterocycles. The van der Waals surface area contributed by atoms with Crippen molar-refractivity contribution in [3.8, 4) is 6.07 Å². The van der Waals surface area contributed by atoms with Crippen LogP contribution in [-0.4, -0.2) is 20.7 Å². The molecule has 0 fully saturated rings. The number of sulfonamides is 1. The largest absolute Gasteiger partial charge is 0.809 e. The van der Waals surface area contributed by atoms with E-state index in [0.29, 0.717) is 27.8 Å². The molecule has 196 valence electrons. The number of nitriles is 1. The molecule has 1 aromatic carbocycles. The summed E-state index contributed by atoms with van der Waals surface area (Å²) in [5, 5.41) is 12.3. The Morgan fingerprint density at radius 1 is 1.25 bits per heavy atom. The van der Waals surface area contributed by atoms with Gasteiger partial charge < -0.3 is 26.7 Å². The number of thioether (sulfide) groups is 1. The number of nitrogens with zero attached hydrogens (tertiary/aromatic N) is 4. The fourth-order valence-corrected chi connectivity index (χ4v) is 9.24. The molecule has 18 heteroatoms. The minimum absolute atomic E-state index is 0. The zero-order chi connectivity index (χ0) is 24.9. The second-order valence-electron chi connectivity index (χ2n) is 6.78. The first-order valence-electron chi connectivity index (χ1n) is 9.39. The Morgan fingerprint density at radius 3 is 2.53 bits per heavy atom. The lowest BCUT2D eigenvalue weighted by molar-refractivity contribution is -0.317. The topological polar surface area (TPSA) is 255 Å². The monoisotopic (exact) mass is 595 g/mol. The van der Waals surface area contributed by atoms with Gasteiger partial charge in [-0.25, -0.2) is 12.8 Å². The Morgan fingerprint density at radius 2 is 1.94 bits per heavy atom. The maximum absolute atomic E-state index is 13.9. The summed E-state index contributed by atoms with van der Waals surface area (Å²) < 4.78 is 54.5. The van der Waals surface area contributed by atoms with Crippen molar-refractivity contribution in [3.63, 3.8) is 0 Å². The van der Waals surface area contributed by atoms with Crippen LogP contribution in [0.2, 0.25) is 0 Å². The van der Waals surface area contributed by atoms with Gasteiger partial charge in [0, 0.05) is 31.5 Å². The van der Waals surface area contributed by atoms with Crippen LogP contribution in [-0.2, 0) is 20.3 Å². The van der Waals surface area contributed by atoms with Gasteiger partial charge in [0.2, 0.25) is 0 Å². The number of rotatable bonds is 11. The number of fused-ring (bicyclic) bond motifs is 1. The van der Waals surface area contributed by atoms with Crippen LogP contribution in [0.25, 0.3) is 19.8 Å². The van der Waals surface area contributed by atoms with Gasteiger partial charge >= 0.3 is 0 Å². The first-order chi connectivity index (χ1) is 16.0. The molecule has 2 heterocycles. The van der Waals surface area contributed by atoms with E-state index in [-0.39, 0.29) is 22.1 Å². The molecule has 36 heavy (non-hydrogen) atoms. The molecule has 0 saturated heterocycles. The highest BCUT2D eigenvalue weighted by molar-refractivity contribution is 7.98. The van der Waals surface area contributed by atoms with E-state index in [1.54, 1.807) is 17.8 Å². The molecule has 1 atom stereocenters. The summed E-state index contributed by atoms with van der Waals surface area (Å²) in [6.07, 6.45) is 0.746. The highest BCUT2D eigenvalue weighted by Crippen LogP contribution is 2.44. The van der Waals surface area contributed by atoms with Crippen LogP contribution in [0, 0.1) is 17.1 Å². The minimum Gasteiger partial charge on any atom is -0.809 e. The summed E-state index contributed by atoms with van der Waals surface area (Å²) in [5.41, 5.74) is 7.45. The summed E-state index contributed by atoms with van der Waals surface area (Å²) in [6, 6.07) is 7.42. The van der Waals surface area contributed by atoms with Crippen LogP contribution in [0.3, 0.4) is 0 Å². The van der Waals surface area contributed by atoms with Gasteiger partial charge in [-0.2, -0.15) is 21.7 Å². The van der Waals surface area contributed by atoms with Gasteiger partial charge in [0.25, 0.3) is 10.0 Å². The van der Waals surface area contributed by atoms with E-state index in [4.69, 9.17) is 10.8 Å². The molecule has 1 unspecified atom stereocenters. The predicted octanol–water partition coefficient (Wildman–Crippen LogP) is 4.55. The van der Waals surface area contributed by atoms with Crippen molar-refractivity contribution in [1.82, 2.24) is 17.0 Å². The Hall–Kier alpha value is -2.06. The van der Waals surface area contributed by atoms with Crippen molar-refractivity contribution in [2.75, 3.05) is 12.3 Å². The molecule has 3 rings (SSSR count). The molecule has 0 aliphatic carbocycles. The van der Waals surface area contributed by atoms with Crippen LogP contribution >= 0.6 is 42.0 Å². The van der Waals surface area contributed by atoms with E-state index in [2.05, 4.69) is 10.0 Å². The highest BCUT2D eigenvalue weighted by atomic mass is 32.2. The molecule has 0 amide bonds. The van der Waals surface area contributed by atoms with Crippen LogP contribution < -0.4 is 26.8 Å². The average molecular weight is 596 g/mol. The molecular weight excluding hydrogens is 572 g/mol. The number of halogens is 1. The van der Waals surface area contributed by atoms with Gasteiger partial charge in [0.1, 0.15) is 16.1 Å². The number of benzene rings is 1. The molecule has 0 saturated carbocycles. The van der Waals surface area contributed by atoms with Crippen LogP contribution in [0.15, 0.2) is 39.7 Å². The van der Waals surface area contributed by atoms with Crippen LogP contribution in [0.1, 0.15) is 28.2 Å². The third-order valence-electron chi connectivity index (χ3n) is 4.37. The summed E-state index contributed by atoms with van der Waals surface area (Å²) in [7, 11) is -9.99. The van der Waals surface area contributed by atoms with E-state index in [0.717, 1.165) is 40.5 Å². The van der Waals surface area contributed by atoms with Crippen molar-refractivity contribution in [2.24, 2.45) is 5.11 Å². The number of nitrogens with one attached hydrogen (secondary N) is 1. The maximum Gasteiger partial charge on any atom is 0.251 e. The summed E-state index contributed by atoms with van der Waals surface area (Å²) in [6.45, 7) is 0.424. The van der Waals surface area contributed by atoms with E-state index < -0.39 is 34.8 Å². The zero-order valence-electron chi connectivity index (χ0n) is 19.1. The molecule has 0 bridgehead atoms. The number of azide groups is 1. The molecule has 0 aliphatic heterocycles. The van der Waals surface area contributed by atoms with Gasteiger partial charge in [-0.3, -0.25) is 0 Å². The second-order valence-corrected chi connectivity index (χ2v) is 13.7. The van der Waals surface area contributed by atoms with Crippen molar-refractivity contribution in [3.05, 3.63) is 62.6 Å². The molecule has 0 radical (unpaired) electrons. The maximum atomic E-state index is 13.9. The first-order valence-corrected chi connectivity index (χ1v) is 15.3. The molecule has 0 spiro atoms. The highest BCUT2D eigenvalue weighted by Gasteiger charge is 2.27. The third-order valence-corrected chi connectivity index (χ3v) is 11.1. The SMILES string of the molecule is N#Cc1ccc(C(NS(=O)(=O)c2cc3sc(CSCCCN=[N+]=[N-])cc3s2)P(=O)([O-])[O-])cc1F.[NH4+].[NH4+]. The van der Waals surface area contributed by atoms with Crippen LogP contribution in [0.5, 0.6) is 0 Å². The van der Waals surface area contributed by atoms with Crippen molar-refractivity contribution < 1.29 is 27.2 Å². The van der Waals surface area contributed by atoms with Gasteiger partial charge in [-0.05, 0) is 55.1 Å². The standard InChI is InChI=1S/C18H17FN5O5PS4.2H3N/c19-14-6-11(2-3-12(14)9-20)18(30(25,26)27)23-34(28,29)17-8-16-15(33-17)7-13(32-16)10-31-5-1-4-22-24-21;;/h2-3,6-8,18,23H,1,4-5,10H2,(H2,25,26,27);2*1H3. The van der Waals surface area contributed by atoms with Crippen molar-refractivity contribution in [1.29, 1.82) is 5.26 Å². The minimum atomic E-state index is -5.57.